The largest absolute Gasteiger partial charge is 0.508 e. The van der Waals surface area contributed by atoms with E-state index in [0.717, 1.165) is 16.7 Å². The van der Waals surface area contributed by atoms with Gasteiger partial charge in [0, 0.05) is 23.9 Å². The van der Waals surface area contributed by atoms with Crippen LogP contribution in [0.3, 0.4) is 0 Å². The van der Waals surface area contributed by atoms with Crippen molar-refractivity contribution in [2.45, 2.75) is 39.2 Å². The summed E-state index contributed by atoms with van der Waals surface area (Å²) < 4.78 is 0. The van der Waals surface area contributed by atoms with Crippen molar-refractivity contribution in [2.75, 3.05) is 0 Å². The molecule has 0 spiro atoms. The lowest BCUT2D eigenvalue weighted by Gasteiger charge is -2.20. The standard InChI is InChI=1S/C19H23NO2/c1-13(2)20-19(22)12-16(15-7-5-4-6-8-15)17-11-14(3)9-10-18(17)21/h4-11,13,16,21H,12H2,1-3H3,(H,20,22)/t16-/m0/s1. The minimum absolute atomic E-state index is 0.00948. The van der Waals surface area contributed by atoms with Crippen LogP contribution in [0.4, 0.5) is 0 Å². The summed E-state index contributed by atoms with van der Waals surface area (Å²) in [7, 11) is 0. The minimum Gasteiger partial charge on any atom is -0.508 e. The highest BCUT2D eigenvalue weighted by atomic mass is 16.3. The predicted molar refractivity (Wildman–Crippen MR) is 89.0 cm³/mol. The SMILES string of the molecule is Cc1ccc(O)c([C@@H](CC(=O)NC(C)C)c2ccccc2)c1. The summed E-state index contributed by atoms with van der Waals surface area (Å²) in [5.41, 5.74) is 2.89. The lowest BCUT2D eigenvalue weighted by molar-refractivity contribution is -0.121. The number of hydrogen-bond acceptors (Lipinski definition) is 2. The molecule has 0 aromatic heterocycles. The molecule has 2 rings (SSSR count). The van der Waals surface area contributed by atoms with Crippen molar-refractivity contribution in [1.82, 2.24) is 5.32 Å². The molecular formula is C19H23NO2. The van der Waals surface area contributed by atoms with E-state index in [2.05, 4.69) is 5.32 Å². The molecule has 0 aliphatic rings. The molecular weight excluding hydrogens is 274 g/mol. The maximum Gasteiger partial charge on any atom is 0.221 e. The van der Waals surface area contributed by atoms with Gasteiger partial charge in [-0.1, -0.05) is 48.0 Å². The zero-order valence-corrected chi connectivity index (χ0v) is 13.3. The van der Waals surface area contributed by atoms with Crippen molar-refractivity contribution in [1.29, 1.82) is 0 Å². The number of carbonyl (C=O) groups is 1. The number of hydrogen-bond donors (Lipinski definition) is 2. The fraction of sp³-hybridized carbons (Fsp3) is 0.316. The van der Waals surface area contributed by atoms with Gasteiger partial charge in [-0.2, -0.15) is 0 Å². The molecule has 0 saturated heterocycles. The molecule has 22 heavy (non-hydrogen) atoms. The van der Waals surface area contributed by atoms with E-state index in [4.69, 9.17) is 0 Å². The summed E-state index contributed by atoms with van der Waals surface area (Å²) in [6.07, 6.45) is 0.319. The van der Waals surface area contributed by atoms with Crippen molar-refractivity contribution < 1.29 is 9.90 Å². The van der Waals surface area contributed by atoms with E-state index in [1.807, 2.05) is 63.2 Å². The zero-order valence-electron chi connectivity index (χ0n) is 13.3. The van der Waals surface area contributed by atoms with Gasteiger partial charge in [0.25, 0.3) is 0 Å². The van der Waals surface area contributed by atoms with Crippen LogP contribution < -0.4 is 5.32 Å². The molecule has 0 aliphatic heterocycles. The van der Waals surface area contributed by atoms with Gasteiger partial charge >= 0.3 is 0 Å². The number of aryl methyl sites for hydroxylation is 1. The third kappa shape index (κ3) is 4.10. The number of carbonyl (C=O) groups excluding carboxylic acids is 1. The van der Waals surface area contributed by atoms with Gasteiger partial charge in [-0.3, -0.25) is 4.79 Å². The molecule has 2 aromatic rings. The molecule has 1 amide bonds. The van der Waals surface area contributed by atoms with E-state index >= 15 is 0 Å². The van der Waals surface area contributed by atoms with Crippen LogP contribution in [0.2, 0.25) is 0 Å². The molecule has 2 aromatic carbocycles. The fourth-order valence-electron chi connectivity index (χ4n) is 2.61. The summed E-state index contributed by atoms with van der Waals surface area (Å²) in [4.78, 5) is 12.2. The van der Waals surface area contributed by atoms with Crippen LogP contribution in [0.15, 0.2) is 48.5 Å². The lowest BCUT2D eigenvalue weighted by atomic mass is 9.87. The Balaban J connectivity index is 2.37. The molecule has 2 N–H and O–H groups in total. The molecule has 0 unspecified atom stereocenters. The topological polar surface area (TPSA) is 49.3 Å². The van der Waals surface area contributed by atoms with Crippen molar-refractivity contribution in [2.24, 2.45) is 0 Å². The molecule has 116 valence electrons. The first-order chi connectivity index (χ1) is 10.5. The molecule has 1 atom stereocenters. The Morgan fingerprint density at radius 1 is 1.14 bits per heavy atom. The zero-order chi connectivity index (χ0) is 16.1. The van der Waals surface area contributed by atoms with Gasteiger partial charge in [0.2, 0.25) is 5.91 Å². The second kappa shape index (κ2) is 7.12. The number of phenolic OH excluding ortho intramolecular Hbond substituents is 1. The van der Waals surface area contributed by atoms with Gasteiger partial charge in [-0.05, 0) is 32.4 Å². The first kappa shape index (κ1) is 16.1. The van der Waals surface area contributed by atoms with Crippen LogP contribution in [0.25, 0.3) is 0 Å². The van der Waals surface area contributed by atoms with E-state index in [9.17, 15) is 9.90 Å². The highest BCUT2D eigenvalue weighted by Crippen LogP contribution is 2.34. The highest BCUT2D eigenvalue weighted by Gasteiger charge is 2.21. The molecule has 0 bridgehead atoms. The third-order valence-electron chi connectivity index (χ3n) is 3.60. The number of phenols is 1. The van der Waals surface area contributed by atoms with E-state index in [0.29, 0.717) is 6.42 Å². The summed E-state index contributed by atoms with van der Waals surface area (Å²) in [6, 6.07) is 15.5. The Kier molecular flexibility index (Phi) is 5.21. The monoisotopic (exact) mass is 297 g/mol. The first-order valence-electron chi connectivity index (χ1n) is 7.61. The number of benzene rings is 2. The second-order valence-corrected chi connectivity index (χ2v) is 5.95. The third-order valence-corrected chi connectivity index (χ3v) is 3.60. The summed E-state index contributed by atoms with van der Waals surface area (Å²) in [5, 5.41) is 13.2. The van der Waals surface area contributed by atoms with Crippen molar-refractivity contribution >= 4 is 5.91 Å². The molecule has 0 aliphatic carbocycles. The van der Waals surface area contributed by atoms with Crippen molar-refractivity contribution in [3.8, 4) is 5.75 Å². The number of rotatable bonds is 5. The van der Waals surface area contributed by atoms with Gasteiger partial charge in [0.1, 0.15) is 5.75 Å². The molecule has 0 fully saturated rings. The quantitative estimate of drug-likeness (QED) is 0.883. The summed E-state index contributed by atoms with van der Waals surface area (Å²) in [6.45, 7) is 5.87. The Bertz CT molecular complexity index is 635. The summed E-state index contributed by atoms with van der Waals surface area (Å²) >= 11 is 0. The van der Waals surface area contributed by atoms with Gasteiger partial charge in [-0.25, -0.2) is 0 Å². The Morgan fingerprint density at radius 3 is 2.45 bits per heavy atom. The second-order valence-electron chi connectivity index (χ2n) is 5.95. The Hall–Kier alpha value is -2.29. The molecule has 0 radical (unpaired) electrons. The molecule has 0 saturated carbocycles. The van der Waals surface area contributed by atoms with E-state index in [-0.39, 0.29) is 23.6 Å². The smallest absolute Gasteiger partial charge is 0.221 e. The van der Waals surface area contributed by atoms with Crippen LogP contribution in [-0.4, -0.2) is 17.1 Å². The van der Waals surface area contributed by atoms with Gasteiger partial charge < -0.3 is 10.4 Å². The van der Waals surface area contributed by atoms with Gasteiger partial charge in [0.05, 0.1) is 0 Å². The maximum absolute atomic E-state index is 12.2. The molecule has 0 heterocycles. The van der Waals surface area contributed by atoms with Crippen LogP contribution in [0, 0.1) is 6.92 Å². The fourth-order valence-corrected chi connectivity index (χ4v) is 2.61. The van der Waals surface area contributed by atoms with Gasteiger partial charge in [-0.15, -0.1) is 0 Å². The Morgan fingerprint density at radius 2 is 1.82 bits per heavy atom. The van der Waals surface area contributed by atoms with Crippen LogP contribution in [-0.2, 0) is 4.79 Å². The first-order valence-corrected chi connectivity index (χ1v) is 7.61. The van der Waals surface area contributed by atoms with Crippen molar-refractivity contribution in [3.05, 3.63) is 65.2 Å². The number of aromatic hydroxyl groups is 1. The van der Waals surface area contributed by atoms with Crippen LogP contribution >= 0.6 is 0 Å². The minimum atomic E-state index is -0.153. The number of nitrogens with one attached hydrogen (secondary N) is 1. The van der Waals surface area contributed by atoms with Gasteiger partial charge in [0.15, 0.2) is 0 Å². The van der Waals surface area contributed by atoms with E-state index < -0.39 is 0 Å². The maximum atomic E-state index is 12.2. The van der Waals surface area contributed by atoms with Crippen LogP contribution in [0.5, 0.6) is 5.75 Å². The van der Waals surface area contributed by atoms with E-state index in [1.165, 1.54) is 0 Å². The average molecular weight is 297 g/mol. The average Bonchev–Trinajstić information content (AvgIpc) is 2.48. The number of amides is 1. The molecule has 3 nitrogen and oxygen atoms in total. The Labute approximate surface area is 132 Å². The van der Waals surface area contributed by atoms with Crippen LogP contribution in [0.1, 0.15) is 42.9 Å². The summed E-state index contributed by atoms with van der Waals surface area (Å²) in [5.74, 6) is 0.0707. The normalized spacial score (nSPS) is 12.2. The molecule has 3 heteroatoms. The highest BCUT2D eigenvalue weighted by molar-refractivity contribution is 5.78. The van der Waals surface area contributed by atoms with E-state index in [1.54, 1.807) is 6.07 Å². The predicted octanol–water partition coefficient (Wildman–Crippen LogP) is 3.75. The van der Waals surface area contributed by atoms with Crippen molar-refractivity contribution in [3.63, 3.8) is 0 Å². The lowest BCUT2D eigenvalue weighted by Crippen LogP contribution is -2.31.